The zero-order valence-corrected chi connectivity index (χ0v) is 9.87. The molecule has 0 aliphatic heterocycles. The summed E-state index contributed by atoms with van der Waals surface area (Å²) in [4.78, 5) is 21.8. The third kappa shape index (κ3) is 4.83. The topological polar surface area (TPSA) is 98.7 Å². The molecule has 0 bridgehead atoms. The van der Waals surface area contributed by atoms with Crippen LogP contribution >= 0.6 is 11.3 Å². The lowest BCUT2D eigenvalue weighted by molar-refractivity contribution is -0.140. The molecule has 0 aliphatic carbocycles. The summed E-state index contributed by atoms with van der Waals surface area (Å²) in [6, 6.07) is 0.0933. The van der Waals surface area contributed by atoms with Gasteiger partial charge < -0.3 is 20.8 Å². The zero-order chi connectivity index (χ0) is 12.7. The molecule has 2 amide bonds. The van der Waals surface area contributed by atoms with Gasteiger partial charge in [-0.25, -0.2) is 9.59 Å². The average molecular weight is 258 g/mol. The summed E-state index contributed by atoms with van der Waals surface area (Å²) in [6.07, 6.45) is 0.688. The Balaban J connectivity index is 2.23. The van der Waals surface area contributed by atoms with Crippen molar-refractivity contribution in [3.05, 3.63) is 22.4 Å². The number of aliphatic hydroxyl groups excluding tert-OH is 1. The minimum absolute atomic E-state index is 0.417. The van der Waals surface area contributed by atoms with E-state index in [0.717, 1.165) is 5.56 Å². The maximum atomic E-state index is 11.3. The number of aliphatic hydroxyl groups is 1. The number of hydrogen-bond acceptors (Lipinski definition) is 4. The first kappa shape index (κ1) is 13.5. The monoisotopic (exact) mass is 258 g/mol. The largest absolute Gasteiger partial charge is 0.480 e. The van der Waals surface area contributed by atoms with Crippen LogP contribution in [0, 0.1) is 0 Å². The normalized spacial score (nSPS) is 11.8. The maximum absolute atomic E-state index is 11.3. The highest BCUT2D eigenvalue weighted by Gasteiger charge is 2.17. The van der Waals surface area contributed by atoms with Gasteiger partial charge in [0.1, 0.15) is 0 Å². The van der Waals surface area contributed by atoms with Crippen molar-refractivity contribution in [1.82, 2.24) is 10.6 Å². The fourth-order valence-electron chi connectivity index (χ4n) is 1.15. The third-order valence-electron chi connectivity index (χ3n) is 2.07. The lowest BCUT2D eigenvalue weighted by Gasteiger charge is -2.12. The lowest BCUT2D eigenvalue weighted by atomic mass is 10.2. The summed E-state index contributed by atoms with van der Waals surface area (Å²) in [5.41, 5.74) is 1.12. The van der Waals surface area contributed by atoms with Crippen molar-refractivity contribution in [2.24, 2.45) is 0 Å². The Morgan fingerprint density at radius 2 is 2.24 bits per heavy atom. The van der Waals surface area contributed by atoms with Crippen LogP contribution in [0.25, 0.3) is 0 Å². The predicted molar refractivity (Wildman–Crippen MR) is 63.1 cm³/mol. The van der Waals surface area contributed by atoms with Crippen LogP contribution in [0.5, 0.6) is 0 Å². The Hall–Kier alpha value is -1.60. The summed E-state index contributed by atoms with van der Waals surface area (Å²) >= 11 is 1.58. The van der Waals surface area contributed by atoms with E-state index in [1.807, 2.05) is 16.8 Å². The van der Waals surface area contributed by atoms with E-state index < -0.39 is 24.6 Å². The predicted octanol–water partition coefficient (Wildman–Crippen LogP) is 0.0353. The number of hydrogen-bond donors (Lipinski definition) is 4. The van der Waals surface area contributed by atoms with Crippen LogP contribution in [0.4, 0.5) is 4.79 Å². The highest BCUT2D eigenvalue weighted by molar-refractivity contribution is 7.07. The molecule has 1 aromatic heterocycles. The maximum Gasteiger partial charge on any atom is 0.328 e. The van der Waals surface area contributed by atoms with Crippen molar-refractivity contribution < 1.29 is 19.8 Å². The number of amides is 2. The Morgan fingerprint density at radius 3 is 2.76 bits per heavy atom. The molecule has 17 heavy (non-hydrogen) atoms. The first-order valence-electron chi connectivity index (χ1n) is 5.02. The molecule has 4 N–H and O–H groups in total. The fourth-order valence-corrected chi connectivity index (χ4v) is 1.85. The van der Waals surface area contributed by atoms with Crippen molar-refractivity contribution in [1.29, 1.82) is 0 Å². The van der Waals surface area contributed by atoms with Crippen LogP contribution in [0.15, 0.2) is 16.8 Å². The van der Waals surface area contributed by atoms with E-state index in [9.17, 15) is 9.59 Å². The Kier molecular flexibility index (Phi) is 5.44. The van der Waals surface area contributed by atoms with Crippen molar-refractivity contribution in [3.63, 3.8) is 0 Å². The van der Waals surface area contributed by atoms with Crippen molar-refractivity contribution >= 4 is 23.3 Å². The molecular formula is C10H14N2O4S. The van der Waals surface area contributed by atoms with Gasteiger partial charge in [-0.2, -0.15) is 11.3 Å². The molecule has 0 fully saturated rings. The van der Waals surface area contributed by atoms with Gasteiger partial charge in [0.2, 0.25) is 0 Å². The second-order valence-electron chi connectivity index (χ2n) is 3.36. The number of carboxylic acid groups (broad SMARTS) is 1. The molecule has 1 heterocycles. The number of carboxylic acids is 1. The van der Waals surface area contributed by atoms with Crippen LogP contribution < -0.4 is 10.6 Å². The summed E-state index contributed by atoms with van der Waals surface area (Å²) in [5, 5.41) is 25.9. The number of thiophene rings is 1. The summed E-state index contributed by atoms with van der Waals surface area (Å²) in [5.74, 6) is -1.26. The Bertz CT molecular complexity index is 366. The minimum atomic E-state index is -1.27. The molecule has 0 aromatic carbocycles. The highest BCUT2D eigenvalue weighted by atomic mass is 32.1. The second-order valence-corrected chi connectivity index (χ2v) is 4.14. The van der Waals surface area contributed by atoms with E-state index in [2.05, 4.69) is 10.6 Å². The molecule has 6 nitrogen and oxygen atoms in total. The van der Waals surface area contributed by atoms with Crippen LogP contribution in [-0.4, -0.2) is 41.4 Å². The average Bonchev–Trinajstić information content (AvgIpc) is 2.78. The molecule has 0 radical (unpaired) electrons. The van der Waals surface area contributed by atoms with Crippen LogP contribution in [0.2, 0.25) is 0 Å². The van der Waals surface area contributed by atoms with Crippen LogP contribution in [-0.2, 0) is 11.2 Å². The van der Waals surface area contributed by atoms with Gasteiger partial charge in [0.15, 0.2) is 6.04 Å². The zero-order valence-electron chi connectivity index (χ0n) is 9.05. The van der Waals surface area contributed by atoms with E-state index >= 15 is 0 Å². The van der Waals surface area contributed by atoms with Gasteiger partial charge in [0.05, 0.1) is 6.61 Å². The Morgan fingerprint density at radius 1 is 1.47 bits per heavy atom. The van der Waals surface area contributed by atoms with Crippen molar-refractivity contribution in [3.8, 4) is 0 Å². The molecule has 0 saturated carbocycles. The lowest BCUT2D eigenvalue weighted by Crippen LogP contribution is -2.48. The number of rotatable bonds is 6. The van der Waals surface area contributed by atoms with Gasteiger partial charge >= 0.3 is 12.0 Å². The van der Waals surface area contributed by atoms with Gasteiger partial charge in [-0.15, -0.1) is 0 Å². The standard InChI is InChI=1S/C10H14N2O4S/c13-5-8(9(14)15)12-10(16)11-3-1-7-2-4-17-6-7/h2,4,6,8,13H,1,3,5H2,(H,14,15)(H2,11,12,16)/t8-/m0/s1. The summed E-state index contributed by atoms with van der Waals surface area (Å²) in [7, 11) is 0. The fraction of sp³-hybridized carbons (Fsp3) is 0.400. The van der Waals surface area contributed by atoms with Crippen molar-refractivity contribution in [2.45, 2.75) is 12.5 Å². The molecule has 0 spiro atoms. The molecule has 1 atom stereocenters. The van der Waals surface area contributed by atoms with E-state index in [1.165, 1.54) is 0 Å². The SMILES string of the molecule is O=C(NCCc1ccsc1)N[C@@H](CO)C(=O)O. The number of aliphatic carboxylic acids is 1. The first-order chi connectivity index (χ1) is 8.13. The van der Waals surface area contributed by atoms with Crippen LogP contribution in [0.3, 0.4) is 0 Å². The molecule has 1 aromatic rings. The Labute approximate surface area is 102 Å². The van der Waals surface area contributed by atoms with Gasteiger partial charge in [-0.3, -0.25) is 0 Å². The van der Waals surface area contributed by atoms with Crippen molar-refractivity contribution in [2.75, 3.05) is 13.2 Å². The number of carbonyl (C=O) groups is 2. The van der Waals surface area contributed by atoms with Crippen LogP contribution in [0.1, 0.15) is 5.56 Å². The molecule has 1 rings (SSSR count). The third-order valence-corrected chi connectivity index (χ3v) is 2.80. The van der Waals surface area contributed by atoms with Gasteiger partial charge in [0, 0.05) is 6.54 Å². The first-order valence-corrected chi connectivity index (χ1v) is 5.97. The molecule has 0 unspecified atom stereocenters. The van der Waals surface area contributed by atoms with E-state index in [-0.39, 0.29) is 0 Å². The minimum Gasteiger partial charge on any atom is -0.480 e. The number of nitrogens with one attached hydrogen (secondary N) is 2. The second kappa shape index (κ2) is 6.87. The number of urea groups is 1. The molecule has 7 heteroatoms. The summed E-state index contributed by atoms with van der Waals surface area (Å²) in [6.45, 7) is -0.215. The smallest absolute Gasteiger partial charge is 0.328 e. The quantitative estimate of drug-likeness (QED) is 0.579. The molecule has 0 saturated heterocycles. The van der Waals surface area contributed by atoms with Gasteiger partial charge in [-0.05, 0) is 28.8 Å². The number of carbonyl (C=O) groups excluding carboxylic acids is 1. The van der Waals surface area contributed by atoms with Gasteiger partial charge in [0.25, 0.3) is 0 Å². The molecule has 94 valence electrons. The van der Waals surface area contributed by atoms with E-state index in [1.54, 1.807) is 11.3 Å². The summed E-state index contributed by atoms with van der Waals surface area (Å²) < 4.78 is 0. The van der Waals surface area contributed by atoms with E-state index in [0.29, 0.717) is 13.0 Å². The molecular weight excluding hydrogens is 244 g/mol. The highest BCUT2D eigenvalue weighted by Crippen LogP contribution is 2.05. The molecule has 0 aliphatic rings. The van der Waals surface area contributed by atoms with E-state index in [4.69, 9.17) is 10.2 Å². The van der Waals surface area contributed by atoms with Gasteiger partial charge in [-0.1, -0.05) is 0 Å².